The van der Waals surface area contributed by atoms with Gasteiger partial charge in [-0.1, -0.05) is 0 Å². The van der Waals surface area contributed by atoms with Crippen molar-refractivity contribution in [3.63, 3.8) is 0 Å². The van der Waals surface area contributed by atoms with Crippen LogP contribution in [0, 0.1) is 22.7 Å². The average molecular weight is 241 g/mol. The molecule has 0 aliphatic rings. The summed E-state index contributed by atoms with van der Waals surface area (Å²) in [5, 5.41) is 9.01. The molecule has 1 atom stereocenters. The summed E-state index contributed by atoms with van der Waals surface area (Å²) in [6.45, 7) is 7.05. The van der Waals surface area contributed by atoms with Crippen LogP contribution in [0.2, 0.25) is 0 Å². The Hall–Kier alpha value is -1.57. The predicted octanol–water partition coefficient (Wildman–Crippen LogP) is 1.67. The fraction of sp³-hybridized carbons (Fsp3) is 0.750. The van der Waals surface area contributed by atoms with E-state index in [1.54, 1.807) is 27.7 Å². The average Bonchev–Trinajstić information content (AvgIpc) is 2.26. The summed E-state index contributed by atoms with van der Waals surface area (Å²) in [5.41, 5.74) is -0.959. The van der Waals surface area contributed by atoms with Gasteiger partial charge in [-0.15, -0.1) is 0 Å². The maximum Gasteiger partial charge on any atom is 0.311 e. The largest absolute Gasteiger partial charge is 0.466 e. The van der Waals surface area contributed by atoms with Crippen molar-refractivity contribution in [2.24, 2.45) is 11.3 Å². The number of hydrogen-bond donors (Lipinski definition) is 0. The third-order valence-corrected chi connectivity index (χ3v) is 2.41. The zero-order valence-corrected chi connectivity index (χ0v) is 10.8. The van der Waals surface area contributed by atoms with Crippen molar-refractivity contribution in [3.8, 4) is 6.07 Å². The molecule has 0 aromatic heterocycles. The van der Waals surface area contributed by atoms with Crippen molar-refractivity contribution in [2.45, 2.75) is 34.1 Å². The van der Waals surface area contributed by atoms with Gasteiger partial charge >= 0.3 is 11.9 Å². The number of rotatable bonds is 6. The second-order valence-corrected chi connectivity index (χ2v) is 4.15. The van der Waals surface area contributed by atoms with Crippen molar-refractivity contribution in [1.29, 1.82) is 5.26 Å². The van der Waals surface area contributed by atoms with Gasteiger partial charge in [0.25, 0.3) is 0 Å². The van der Waals surface area contributed by atoms with E-state index in [1.807, 2.05) is 6.07 Å². The number of ether oxygens (including phenoxy) is 2. The smallest absolute Gasteiger partial charge is 0.311 e. The number of hydrogen-bond acceptors (Lipinski definition) is 5. The normalized spacial score (nSPS) is 12.4. The van der Waals surface area contributed by atoms with Gasteiger partial charge in [0.05, 0.1) is 37.0 Å². The summed E-state index contributed by atoms with van der Waals surface area (Å²) in [4.78, 5) is 23.1. The quantitative estimate of drug-likeness (QED) is 0.661. The van der Waals surface area contributed by atoms with Crippen molar-refractivity contribution in [1.82, 2.24) is 0 Å². The highest BCUT2D eigenvalue weighted by Gasteiger charge is 2.38. The molecule has 0 aromatic carbocycles. The second-order valence-electron chi connectivity index (χ2n) is 4.15. The van der Waals surface area contributed by atoms with E-state index in [9.17, 15) is 9.59 Å². The van der Waals surface area contributed by atoms with E-state index in [1.165, 1.54) is 0 Å². The van der Waals surface area contributed by atoms with E-state index >= 15 is 0 Å². The monoisotopic (exact) mass is 241 g/mol. The third kappa shape index (κ3) is 4.85. The Bertz CT molecular complexity index is 317. The van der Waals surface area contributed by atoms with Crippen LogP contribution in [-0.2, 0) is 19.1 Å². The van der Waals surface area contributed by atoms with Gasteiger partial charge in [0.1, 0.15) is 0 Å². The first kappa shape index (κ1) is 15.4. The van der Waals surface area contributed by atoms with Crippen LogP contribution in [0.3, 0.4) is 0 Å². The van der Waals surface area contributed by atoms with Gasteiger partial charge in [-0.05, 0) is 27.7 Å². The topological polar surface area (TPSA) is 76.4 Å². The first-order valence-corrected chi connectivity index (χ1v) is 5.62. The highest BCUT2D eigenvalue weighted by atomic mass is 16.5. The van der Waals surface area contributed by atoms with Gasteiger partial charge in [-0.25, -0.2) is 0 Å². The molecule has 0 spiro atoms. The molecule has 0 aliphatic heterocycles. The number of esters is 2. The molecule has 0 bridgehead atoms. The lowest BCUT2D eigenvalue weighted by molar-refractivity contribution is -0.157. The number of nitrogens with zero attached hydrogens (tertiary/aromatic N) is 1. The van der Waals surface area contributed by atoms with Gasteiger partial charge < -0.3 is 9.47 Å². The van der Waals surface area contributed by atoms with Crippen LogP contribution in [0.4, 0.5) is 0 Å². The minimum Gasteiger partial charge on any atom is -0.466 e. The van der Waals surface area contributed by atoms with E-state index in [-0.39, 0.29) is 19.6 Å². The van der Waals surface area contributed by atoms with Crippen LogP contribution in [0.25, 0.3) is 0 Å². The molecule has 0 saturated carbocycles. The Morgan fingerprint density at radius 1 is 1.24 bits per heavy atom. The minimum absolute atomic E-state index is 0.132. The fourth-order valence-electron chi connectivity index (χ4n) is 1.34. The predicted molar refractivity (Wildman–Crippen MR) is 60.8 cm³/mol. The van der Waals surface area contributed by atoms with Gasteiger partial charge in [-0.3, -0.25) is 9.59 Å². The van der Waals surface area contributed by atoms with Crippen LogP contribution in [-0.4, -0.2) is 25.2 Å². The molecule has 17 heavy (non-hydrogen) atoms. The molecule has 0 heterocycles. The van der Waals surface area contributed by atoms with E-state index in [0.29, 0.717) is 0 Å². The molecule has 0 rings (SSSR count). The summed E-state index contributed by atoms with van der Waals surface area (Å²) in [6, 6.07) is 2.02. The Labute approximate surface area is 102 Å². The van der Waals surface area contributed by atoms with Crippen molar-refractivity contribution >= 4 is 11.9 Å². The minimum atomic E-state index is -0.959. The Morgan fingerprint density at radius 2 is 1.76 bits per heavy atom. The maximum absolute atomic E-state index is 11.7. The molecule has 5 heteroatoms. The molecule has 0 saturated heterocycles. The highest BCUT2D eigenvalue weighted by molar-refractivity contribution is 5.81. The molecule has 0 amide bonds. The van der Waals surface area contributed by atoms with Crippen molar-refractivity contribution in [3.05, 3.63) is 0 Å². The van der Waals surface area contributed by atoms with E-state index in [0.717, 1.165) is 0 Å². The Balaban J connectivity index is 4.82. The van der Waals surface area contributed by atoms with Crippen molar-refractivity contribution < 1.29 is 19.1 Å². The summed E-state index contributed by atoms with van der Waals surface area (Å²) in [7, 11) is 0. The van der Waals surface area contributed by atoms with Crippen LogP contribution in [0.5, 0.6) is 0 Å². The molecule has 0 radical (unpaired) electrons. The Morgan fingerprint density at radius 3 is 2.18 bits per heavy atom. The number of carbonyl (C=O) groups excluding carboxylic acids is 2. The molecule has 0 N–H and O–H groups in total. The molecule has 1 unspecified atom stereocenters. The Kier molecular flexibility index (Phi) is 6.26. The van der Waals surface area contributed by atoms with Gasteiger partial charge in [0.2, 0.25) is 0 Å². The van der Waals surface area contributed by atoms with E-state index < -0.39 is 23.3 Å². The first-order valence-electron chi connectivity index (χ1n) is 5.62. The number of carbonyl (C=O) groups is 2. The molecule has 5 nitrogen and oxygen atoms in total. The molecular formula is C12H19NO4. The summed E-state index contributed by atoms with van der Waals surface area (Å²) in [5.74, 6) is -1.83. The van der Waals surface area contributed by atoms with Gasteiger partial charge in [-0.2, -0.15) is 5.26 Å². The third-order valence-electron chi connectivity index (χ3n) is 2.41. The highest BCUT2D eigenvalue weighted by Crippen LogP contribution is 2.30. The van der Waals surface area contributed by atoms with Crippen LogP contribution in [0.15, 0.2) is 0 Å². The molecule has 0 aliphatic carbocycles. The van der Waals surface area contributed by atoms with E-state index in [2.05, 4.69) is 0 Å². The SMILES string of the molecule is CCOC(=O)CC(C(=O)OCC)C(C)(C)C#N. The second kappa shape index (κ2) is 6.89. The molecule has 0 aromatic rings. The molecule has 96 valence electrons. The summed E-state index contributed by atoms with van der Waals surface area (Å²) >= 11 is 0. The lowest BCUT2D eigenvalue weighted by atomic mass is 9.78. The standard InChI is InChI=1S/C12H19NO4/c1-5-16-10(14)7-9(11(15)17-6-2)12(3,4)8-13/h9H,5-7H2,1-4H3. The lowest BCUT2D eigenvalue weighted by Gasteiger charge is -2.25. The van der Waals surface area contributed by atoms with Gasteiger partial charge in [0.15, 0.2) is 0 Å². The van der Waals surface area contributed by atoms with Crippen LogP contribution >= 0.6 is 0 Å². The van der Waals surface area contributed by atoms with E-state index in [4.69, 9.17) is 14.7 Å². The van der Waals surface area contributed by atoms with Crippen molar-refractivity contribution in [2.75, 3.05) is 13.2 Å². The summed E-state index contributed by atoms with van der Waals surface area (Å²) < 4.78 is 9.66. The fourth-order valence-corrected chi connectivity index (χ4v) is 1.34. The van der Waals surface area contributed by atoms with Crippen LogP contribution in [0.1, 0.15) is 34.1 Å². The van der Waals surface area contributed by atoms with Crippen LogP contribution < -0.4 is 0 Å². The lowest BCUT2D eigenvalue weighted by Crippen LogP contribution is -2.34. The first-order chi connectivity index (χ1) is 7.88. The molecular weight excluding hydrogens is 222 g/mol. The zero-order valence-electron chi connectivity index (χ0n) is 10.8. The molecule has 0 fully saturated rings. The maximum atomic E-state index is 11.7. The zero-order chi connectivity index (χ0) is 13.5. The number of nitriles is 1. The van der Waals surface area contributed by atoms with Gasteiger partial charge in [0, 0.05) is 0 Å². The summed E-state index contributed by atoms with van der Waals surface area (Å²) in [6.07, 6.45) is -0.132.